The van der Waals surface area contributed by atoms with Crippen LogP contribution < -0.4 is 4.74 Å². The second kappa shape index (κ2) is 6.31. The molecule has 18 heavy (non-hydrogen) atoms. The van der Waals surface area contributed by atoms with Gasteiger partial charge in [-0.05, 0) is 12.1 Å². The third kappa shape index (κ3) is 3.67. The summed E-state index contributed by atoms with van der Waals surface area (Å²) in [6, 6.07) is 4.09. The van der Waals surface area contributed by atoms with Gasteiger partial charge in [0.25, 0.3) is 0 Å². The summed E-state index contributed by atoms with van der Waals surface area (Å²) in [5.74, 6) is -1.37. The van der Waals surface area contributed by atoms with Gasteiger partial charge >= 0.3 is 11.7 Å². The highest BCUT2D eigenvalue weighted by molar-refractivity contribution is 9.10. The Bertz CT molecular complexity index is 464. The van der Waals surface area contributed by atoms with Crippen LogP contribution in [0.15, 0.2) is 22.7 Å². The van der Waals surface area contributed by atoms with Crippen molar-refractivity contribution in [2.24, 2.45) is 0 Å². The number of hydrogen-bond acceptors (Lipinski definition) is 5. The molecule has 0 aliphatic rings. The molecular weight excluding hydrogens is 310 g/mol. The molecule has 0 radical (unpaired) electrons. The number of aliphatic carboxylic acids is 1. The van der Waals surface area contributed by atoms with Crippen LogP contribution in [0.25, 0.3) is 0 Å². The molecule has 1 rings (SSSR count). The molecule has 1 aromatic rings. The SMILES string of the molecule is COCC(Oc1ccc(Br)cc1[N+](=O)[O-])C(=O)O. The number of benzene rings is 1. The van der Waals surface area contributed by atoms with E-state index in [0.29, 0.717) is 4.47 Å². The number of carboxylic acid groups (broad SMARTS) is 1. The van der Waals surface area contributed by atoms with Gasteiger partial charge in [0.1, 0.15) is 0 Å². The molecule has 0 heterocycles. The highest BCUT2D eigenvalue weighted by Crippen LogP contribution is 2.30. The summed E-state index contributed by atoms with van der Waals surface area (Å²) >= 11 is 3.09. The summed E-state index contributed by atoms with van der Waals surface area (Å²) in [5.41, 5.74) is -0.313. The Kier molecular flexibility index (Phi) is 5.05. The lowest BCUT2D eigenvalue weighted by Gasteiger charge is -2.14. The zero-order valence-corrected chi connectivity index (χ0v) is 10.9. The number of nitro benzene ring substituents is 1. The second-order valence-corrected chi connectivity index (χ2v) is 4.18. The maximum Gasteiger partial charge on any atom is 0.347 e. The van der Waals surface area contributed by atoms with Crippen molar-refractivity contribution in [3.63, 3.8) is 0 Å². The fourth-order valence-corrected chi connectivity index (χ4v) is 1.54. The van der Waals surface area contributed by atoms with Gasteiger partial charge < -0.3 is 14.6 Å². The molecule has 8 heteroatoms. The quantitative estimate of drug-likeness (QED) is 0.634. The van der Waals surface area contributed by atoms with Crippen LogP contribution >= 0.6 is 15.9 Å². The van der Waals surface area contributed by atoms with E-state index >= 15 is 0 Å². The minimum Gasteiger partial charge on any atom is -0.478 e. The second-order valence-electron chi connectivity index (χ2n) is 3.27. The average Bonchev–Trinajstić information content (AvgIpc) is 2.30. The van der Waals surface area contributed by atoms with Crippen LogP contribution in [0.2, 0.25) is 0 Å². The lowest BCUT2D eigenvalue weighted by molar-refractivity contribution is -0.386. The van der Waals surface area contributed by atoms with Crippen LogP contribution in [-0.2, 0) is 9.53 Å². The predicted octanol–water partition coefficient (Wildman–Crippen LogP) is 1.84. The first-order valence-corrected chi connectivity index (χ1v) is 5.57. The summed E-state index contributed by atoms with van der Waals surface area (Å²) in [4.78, 5) is 21.0. The summed E-state index contributed by atoms with van der Waals surface area (Å²) in [5, 5.41) is 19.7. The number of carboxylic acids is 1. The topological polar surface area (TPSA) is 98.9 Å². The smallest absolute Gasteiger partial charge is 0.347 e. The van der Waals surface area contributed by atoms with Gasteiger partial charge in [0, 0.05) is 17.6 Å². The molecule has 98 valence electrons. The zero-order valence-electron chi connectivity index (χ0n) is 9.33. The van der Waals surface area contributed by atoms with Gasteiger partial charge in [-0.2, -0.15) is 0 Å². The molecular formula is C10H10BrNO6. The molecule has 0 fully saturated rings. The van der Waals surface area contributed by atoms with Crippen LogP contribution in [-0.4, -0.2) is 35.8 Å². The standard InChI is InChI=1S/C10H10BrNO6/c1-17-5-9(10(13)14)18-8-3-2-6(11)4-7(8)12(15)16/h2-4,9H,5H2,1H3,(H,13,14). The molecule has 0 saturated carbocycles. The number of hydrogen-bond donors (Lipinski definition) is 1. The largest absolute Gasteiger partial charge is 0.478 e. The van der Waals surface area contributed by atoms with Crippen molar-refractivity contribution in [2.75, 3.05) is 13.7 Å². The monoisotopic (exact) mass is 319 g/mol. The zero-order chi connectivity index (χ0) is 13.7. The summed E-state index contributed by atoms with van der Waals surface area (Å²) < 4.78 is 10.3. The molecule has 7 nitrogen and oxygen atoms in total. The highest BCUT2D eigenvalue weighted by Gasteiger charge is 2.24. The fraction of sp³-hybridized carbons (Fsp3) is 0.300. The van der Waals surface area contributed by atoms with Gasteiger partial charge in [-0.1, -0.05) is 15.9 Å². The maximum atomic E-state index is 10.9. The van der Waals surface area contributed by atoms with Gasteiger partial charge in [-0.3, -0.25) is 10.1 Å². The number of ether oxygens (including phenoxy) is 2. The van der Waals surface area contributed by atoms with Crippen molar-refractivity contribution in [3.8, 4) is 5.75 Å². The van der Waals surface area contributed by atoms with E-state index in [1.54, 1.807) is 0 Å². The molecule has 0 saturated heterocycles. The van der Waals surface area contributed by atoms with E-state index < -0.39 is 17.0 Å². The number of carbonyl (C=O) groups is 1. The minimum absolute atomic E-state index is 0.118. The molecule has 1 unspecified atom stereocenters. The van der Waals surface area contributed by atoms with Crippen molar-refractivity contribution in [1.29, 1.82) is 0 Å². The minimum atomic E-state index is -1.30. The first-order valence-electron chi connectivity index (χ1n) is 4.78. The van der Waals surface area contributed by atoms with Crippen molar-refractivity contribution < 1.29 is 24.3 Å². The summed E-state index contributed by atoms with van der Waals surface area (Å²) in [6.07, 6.45) is -1.30. The molecule has 1 atom stereocenters. The van der Waals surface area contributed by atoms with Crippen LogP contribution in [0.1, 0.15) is 0 Å². The number of methoxy groups -OCH3 is 1. The first-order chi connectivity index (χ1) is 8.45. The Balaban J connectivity index is 3.01. The van der Waals surface area contributed by atoms with E-state index in [9.17, 15) is 14.9 Å². The van der Waals surface area contributed by atoms with Gasteiger partial charge in [0.15, 0.2) is 5.75 Å². The molecule has 1 aromatic carbocycles. The Hall–Kier alpha value is -1.67. The van der Waals surface area contributed by atoms with E-state index in [4.69, 9.17) is 9.84 Å². The van der Waals surface area contributed by atoms with Gasteiger partial charge in [-0.25, -0.2) is 4.79 Å². The van der Waals surface area contributed by atoms with Gasteiger partial charge in [-0.15, -0.1) is 0 Å². The summed E-state index contributed by atoms with van der Waals surface area (Å²) in [6.45, 7) is -0.206. The Morgan fingerprint density at radius 3 is 2.78 bits per heavy atom. The third-order valence-corrected chi connectivity index (χ3v) is 2.47. The molecule has 0 aliphatic heterocycles. The number of rotatable bonds is 6. The molecule has 1 N–H and O–H groups in total. The van der Waals surface area contributed by atoms with Crippen LogP contribution in [0, 0.1) is 10.1 Å². The van der Waals surface area contributed by atoms with E-state index in [0.717, 1.165) is 0 Å². The normalized spacial score (nSPS) is 11.9. The number of nitrogens with zero attached hydrogens (tertiary/aromatic N) is 1. The lowest BCUT2D eigenvalue weighted by atomic mass is 10.3. The van der Waals surface area contributed by atoms with Crippen LogP contribution in [0.5, 0.6) is 5.75 Å². The maximum absolute atomic E-state index is 10.9. The average molecular weight is 320 g/mol. The van der Waals surface area contributed by atoms with Crippen molar-refractivity contribution >= 4 is 27.6 Å². The van der Waals surface area contributed by atoms with Crippen LogP contribution in [0.4, 0.5) is 5.69 Å². The number of nitro groups is 1. The number of halogens is 1. The van der Waals surface area contributed by atoms with Crippen molar-refractivity contribution in [2.45, 2.75) is 6.10 Å². The molecule has 0 aromatic heterocycles. The van der Waals surface area contributed by atoms with E-state index in [-0.39, 0.29) is 18.0 Å². The van der Waals surface area contributed by atoms with Crippen LogP contribution in [0.3, 0.4) is 0 Å². The van der Waals surface area contributed by atoms with Crippen molar-refractivity contribution in [1.82, 2.24) is 0 Å². The molecule has 0 spiro atoms. The predicted molar refractivity (Wildman–Crippen MR) is 64.7 cm³/mol. The first kappa shape index (κ1) is 14.4. The Morgan fingerprint density at radius 2 is 2.28 bits per heavy atom. The lowest BCUT2D eigenvalue weighted by Crippen LogP contribution is -2.31. The van der Waals surface area contributed by atoms with Gasteiger partial charge in [0.05, 0.1) is 11.5 Å². The Morgan fingerprint density at radius 1 is 1.61 bits per heavy atom. The Labute approximate surface area is 111 Å². The van der Waals surface area contributed by atoms with Gasteiger partial charge in [0.2, 0.25) is 6.10 Å². The molecule has 0 amide bonds. The van der Waals surface area contributed by atoms with E-state index in [2.05, 4.69) is 20.7 Å². The highest BCUT2D eigenvalue weighted by atomic mass is 79.9. The fourth-order valence-electron chi connectivity index (χ4n) is 1.19. The van der Waals surface area contributed by atoms with Crippen molar-refractivity contribution in [3.05, 3.63) is 32.8 Å². The summed E-state index contributed by atoms with van der Waals surface area (Å²) in [7, 11) is 1.31. The molecule has 0 bridgehead atoms. The van der Waals surface area contributed by atoms with E-state index in [1.165, 1.54) is 25.3 Å². The molecule has 0 aliphatic carbocycles. The third-order valence-electron chi connectivity index (χ3n) is 1.98. The van der Waals surface area contributed by atoms with E-state index in [1.807, 2.05) is 0 Å².